The lowest BCUT2D eigenvalue weighted by atomic mass is 9.68. The molecule has 0 aromatic heterocycles. The summed E-state index contributed by atoms with van der Waals surface area (Å²) in [4.78, 5) is 22.7. The molecule has 1 saturated heterocycles. The minimum atomic E-state index is -0.848. The van der Waals surface area contributed by atoms with Crippen LogP contribution >= 0.6 is 23.4 Å². The summed E-state index contributed by atoms with van der Waals surface area (Å²) in [5.74, 6) is -0.115. The lowest BCUT2D eigenvalue weighted by molar-refractivity contribution is -0.159. The highest BCUT2D eigenvalue weighted by atomic mass is 35.5. The molecule has 0 amide bonds. The zero-order chi connectivity index (χ0) is 19.5. The molecule has 0 aromatic rings. The van der Waals surface area contributed by atoms with Gasteiger partial charge in [0.05, 0.1) is 17.3 Å². The summed E-state index contributed by atoms with van der Waals surface area (Å²) in [6.45, 7) is 6.15. The van der Waals surface area contributed by atoms with Crippen LogP contribution in [0.1, 0.15) is 52.9 Å². The van der Waals surface area contributed by atoms with Gasteiger partial charge in [-0.1, -0.05) is 11.6 Å². The van der Waals surface area contributed by atoms with Crippen LogP contribution in [0.25, 0.3) is 0 Å². The molecule has 1 aliphatic heterocycles. The smallest absolute Gasteiger partial charge is 0.314 e. The first-order valence-corrected chi connectivity index (χ1v) is 10.8. The molecule has 1 aliphatic carbocycles. The fraction of sp³-hybridized carbons (Fsp3) is 0.789. The van der Waals surface area contributed by atoms with E-state index in [0.717, 1.165) is 6.42 Å². The number of hydrogen-bond acceptors (Lipinski definition) is 6. The van der Waals surface area contributed by atoms with Gasteiger partial charge in [0.2, 0.25) is 5.24 Å². The Morgan fingerprint density at radius 3 is 2.69 bits per heavy atom. The molecular formula is C19H29ClO5S. The molecule has 1 saturated carbocycles. The molecule has 2 fully saturated rings. The van der Waals surface area contributed by atoms with Gasteiger partial charge in [0.15, 0.2) is 0 Å². The first kappa shape index (κ1) is 21.7. The van der Waals surface area contributed by atoms with E-state index in [1.807, 2.05) is 13.2 Å². The maximum atomic E-state index is 11.8. The van der Waals surface area contributed by atoms with Crippen LogP contribution in [0.2, 0.25) is 0 Å². The molecule has 1 heterocycles. The Morgan fingerprint density at radius 2 is 2.12 bits per heavy atom. The Balaban J connectivity index is 2.09. The third-order valence-corrected chi connectivity index (χ3v) is 6.35. The fourth-order valence-electron chi connectivity index (χ4n) is 4.03. The molecule has 0 spiro atoms. The van der Waals surface area contributed by atoms with Crippen LogP contribution < -0.4 is 0 Å². The van der Waals surface area contributed by atoms with E-state index in [-0.39, 0.29) is 18.1 Å². The molecule has 148 valence electrons. The van der Waals surface area contributed by atoms with Crippen molar-refractivity contribution < 1.29 is 24.2 Å². The minimum Gasteiger partial charge on any atom is -0.462 e. The number of allylic oxidation sites excluding steroid dienone is 1. The van der Waals surface area contributed by atoms with Crippen molar-refractivity contribution in [2.75, 3.05) is 12.0 Å². The number of rotatable bonds is 8. The number of thioether (sulfide) groups is 1. The highest BCUT2D eigenvalue weighted by Crippen LogP contribution is 2.54. The third-order valence-electron chi connectivity index (χ3n) is 5.43. The molecule has 1 N–H and O–H groups in total. The van der Waals surface area contributed by atoms with E-state index >= 15 is 0 Å². The van der Waals surface area contributed by atoms with Crippen LogP contribution in [0.3, 0.4) is 0 Å². The van der Waals surface area contributed by atoms with Crippen LogP contribution in [0.15, 0.2) is 11.6 Å². The summed E-state index contributed by atoms with van der Waals surface area (Å²) in [5.41, 5.74) is -0.0356. The van der Waals surface area contributed by atoms with Crippen molar-refractivity contribution in [2.24, 2.45) is 5.92 Å². The monoisotopic (exact) mass is 404 g/mol. The van der Waals surface area contributed by atoms with Gasteiger partial charge in [-0.15, -0.1) is 0 Å². The molecule has 2 aliphatic rings. The Bertz CT molecular complexity index is 576. The second-order valence-electron chi connectivity index (χ2n) is 7.81. The van der Waals surface area contributed by atoms with Gasteiger partial charge in [-0.3, -0.25) is 9.59 Å². The Morgan fingerprint density at radius 1 is 1.42 bits per heavy atom. The average molecular weight is 405 g/mol. The predicted octanol–water partition coefficient (Wildman–Crippen LogP) is 3.46. The van der Waals surface area contributed by atoms with Crippen molar-refractivity contribution in [3.8, 4) is 0 Å². The Hall–Kier alpha value is -0.560. The van der Waals surface area contributed by atoms with Gasteiger partial charge in [0, 0.05) is 11.7 Å². The number of hydrogen-bond donors (Lipinski definition) is 1. The fourth-order valence-corrected chi connectivity index (χ4v) is 4.98. The van der Waals surface area contributed by atoms with Crippen LogP contribution in [0.4, 0.5) is 0 Å². The molecule has 7 heteroatoms. The average Bonchev–Trinajstić information content (AvgIpc) is 3.18. The summed E-state index contributed by atoms with van der Waals surface area (Å²) in [6, 6.07) is 0. The predicted molar refractivity (Wildman–Crippen MR) is 103 cm³/mol. The lowest BCUT2D eigenvalue weighted by Gasteiger charge is -2.44. The topological polar surface area (TPSA) is 76.1 Å². The summed E-state index contributed by atoms with van der Waals surface area (Å²) in [7, 11) is 0. The second-order valence-corrected chi connectivity index (χ2v) is 9.10. The first-order valence-electron chi connectivity index (χ1n) is 9.01. The number of ether oxygens (including phenoxy) is 2. The zero-order valence-corrected chi connectivity index (χ0v) is 17.5. The number of halogens is 1. The van der Waals surface area contributed by atoms with E-state index in [9.17, 15) is 14.7 Å². The summed E-state index contributed by atoms with van der Waals surface area (Å²) in [6.07, 6.45) is 5.90. The highest BCUT2D eigenvalue weighted by Gasteiger charge is 2.63. The van der Waals surface area contributed by atoms with E-state index < -0.39 is 28.8 Å². The molecule has 2 rings (SSSR count). The summed E-state index contributed by atoms with van der Waals surface area (Å²) in [5, 5.41) is 10.5. The SMILES string of the molecule is CSC[C@@]1(O)CC[C@@H](OC(=O)CC(=O)Cl)C[C@@H]1[C@]1(C)O[C@@H]1CC=C(C)C. The van der Waals surface area contributed by atoms with Crippen molar-refractivity contribution in [1.82, 2.24) is 0 Å². The van der Waals surface area contributed by atoms with Gasteiger partial charge < -0.3 is 14.6 Å². The van der Waals surface area contributed by atoms with Crippen molar-refractivity contribution in [1.29, 1.82) is 0 Å². The van der Waals surface area contributed by atoms with Crippen molar-refractivity contribution in [3.05, 3.63) is 11.6 Å². The van der Waals surface area contributed by atoms with Crippen molar-refractivity contribution in [2.45, 2.75) is 76.3 Å². The lowest BCUT2D eigenvalue weighted by Crippen LogP contribution is -2.53. The van der Waals surface area contributed by atoms with Crippen molar-refractivity contribution in [3.63, 3.8) is 0 Å². The first-order chi connectivity index (χ1) is 12.1. The number of esters is 1. The van der Waals surface area contributed by atoms with Crippen LogP contribution in [0.5, 0.6) is 0 Å². The maximum Gasteiger partial charge on any atom is 0.314 e. The second kappa shape index (κ2) is 8.63. The summed E-state index contributed by atoms with van der Waals surface area (Å²) >= 11 is 6.87. The molecule has 26 heavy (non-hydrogen) atoms. The quantitative estimate of drug-likeness (QED) is 0.219. The molecule has 0 bridgehead atoms. The number of aliphatic hydroxyl groups is 1. The standard InChI is InChI=1S/C19H29ClO5S/c1-12(2)5-6-15-18(3,25-15)14-9-13(24-17(22)10-16(20)21)7-8-19(14,23)11-26-4/h5,13-15,23H,6-11H2,1-4H3/t13-,14-,15-,18+,19+/m1/s1. The van der Waals surface area contributed by atoms with E-state index in [0.29, 0.717) is 25.0 Å². The van der Waals surface area contributed by atoms with E-state index in [4.69, 9.17) is 21.1 Å². The molecule has 5 atom stereocenters. The van der Waals surface area contributed by atoms with E-state index in [1.54, 1.807) is 11.8 Å². The maximum absolute atomic E-state index is 11.8. The zero-order valence-electron chi connectivity index (χ0n) is 15.9. The summed E-state index contributed by atoms with van der Waals surface area (Å²) < 4.78 is 11.5. The van der Waals surface area contributed by atoms with Gasteiger partial charge in [-0.25, -0.2) is 0 Å². The van der Waals surface area contributed by atoms with Gasteiger partial charge >= 0.3 is 5.97 Å². The Labute approximate surface area is 164 Å². The van der Waals surface area contributed by atoms with Gasteiger partial charge in [-0.05, 0) is 64.3 Å². The minimum absolute atomic E-state index is 0.0645. The number of carbonyl (C=O) groups is 2. The van der Waals surface area contributed by atoms with Crippen LogP contribution in [0, 0.1) is 5.92 Å². The number of carbonyl (C=O) groups excluding carboxylic acids is 2. The molecule has 0 unspecified atom stereocenters. The molecular weight excluding hydrogens is 376 g/mol. The normalized spacial score (nSPS) is 36.3. The molecule has 5 nitrogen and oxygen atoms in total. The van der Waals surface area contributed by atoms with E-state index in [2.05, 4.69) is 19.9 Å². The largest absolute Gasteiger partial charge is 0.462 e. The van der Waals surface area contributed by atoms with Crippen LogP contribution in [-0.4, -0.2) is 51.7 Å². The number of epoxide rings is 1. The van der Waals surface area contributed by atoms with Gasteiger partial charge in [0.25, 0.3) is 0 Å². The molecule has 0 aromatic carbocycles. The Kier molecular flexibility index (Phi) is 7.22. The highest BCUT2D eigenvalue weighted by molar-refractivity contribution is 7.98. The van der Waals surface area contributed by atoms with Gasteiger partial charge in [-0.2, -0.15) is 11.8 Å². The van der Waals surface area contributed by atoms with E-state index in [1.165, 1.54) is 5.57 Å². The third kappa shape index (κ3) is 5.24. The van der Waals surface area contributed by atoms with Gasteiger partial charge in [0.1, 0.15) is 12.5 Å². The van der Waals surface area contributed by atoms with Crippen molar-refractivity contribution >= 4 is 34.6 Å². The van der Waals surface area contributed by atoms with Crippen LogP contribution in [-0.2, 0) is 19.1 Å². The molecule has 0 radical (unpaired) electrons.